The molecule has 1 saturated heterocycles. The Morgan fingerprint density at radius 3 is 2.17 bits per heavy atom. The molecule has 0 aromatic heterocycles. The maximum absolute atomic E-state index is 12.6. The Bertz CT molecular complexity index is 1230. The van der Waals surface area contributed by atoms with Crippen LogP contribution in [0.3, 0.4) is 0 Å². The fraction of sp³-hybridized carbons (Fsp3) is 0.296. The third-order valence-corrected chi connectivity index (χ3v) is 6.95. The molecule has 9 heteroatoms. The van der Waals surface area contributed by atoms with Crippen molar-refractivity contribution < 1.29 is 22.7 Å². The first-order valence-electron chi connectivity index (χ1n) is 11.8. The molecular weight excluding hydrogens is 478 g/mol. The number of anilines is 1. The Kier molecular flexibility index (Phi) is 8.58. The number of carbonyl (C=O) groups excluding carboxylic acids is 1. The van der Waals surface area contributed by atoms with Gasteiger partial charge in [0.25, 0.3) is 0 Å². The highest BCUT2D eigenvalue weighted by Gasteiger charge is 2.21. The summed E-state index contributed by atoms with van der Waals surface area (Å²) in [5, 5.41) is 2.82. The first-order valence-corrected chi connectivity index (χ1v) is 13.7. The van der Waals surface area contributed by atoms with Crippen LogP contribution in [0.15, 0.2) is 78.9 Å². The molecule has 1 amide bonds. The summed E-state index contributed by atoms with van der Waals surface area (Å²) in [5.41, 5.74) is 2.54. The number of nitrogens with one attached hydrogen (secondary N) is 1. The SMILES string of the molecule is CS(=O)(=O)N(CC(=O)NCc1ccc(CN2CCOCC2)cc1)c1ccc(Oc2ccccc2)cc1. The summed E-state index contributed by atoms with van der Waals surface area (Å²) in [6.07, 6.45) is 1.09. The fourth-order valence-corrected chi connectivity index (χ4v) is 4.73. The zero-order chi connectivity index (χ0) is 25.4. The second kappa shape index (κ2) is 12.0. The van der Waals surface area contributed by atoms with Crippen LogP contribution < -0.4 is 14.4 Å². The van der Waals surface area contributed by atoms with E-state index in [9.17, 15) is 13.2 Å². The Morgan fingerprint density at radius 1 is 0.917 bits per heavy atom. The fourth-order valence-electron chi connectivity index (χ4n) is 3.87. The summed E-state index contributed by atoms with van der Waals surface area (Å²) >= 11 is 0. The number of para-hydroxylation sites is 1. The molecule has 0 aliphatic carbocycles. The van der Waals surface area contributed by atoms with Gasteiger partial charge in [0.2, 0.25) is 15.9 Å². The minimum atomic E-state index is -3.67. The first kappa shape index (κ1) is 25.7. The number of amides is 1. The van der Waals surface area contributed by atoms with Crippen molar-refractivity contribution in [2.75, 3.05) is 43.4 Å². The van der Waals surface area contributed by atoms with Crippen molar-refractivity contribution in [1.29, 1.82) is 0 Å². The van der Waals surface area contributed by atoms with Crippen LogP contribution in [-0.4, -0.2) is 58.3 Å². The zero-order valence-corrected chi connectivity index (χ0v) is 21.1. The molecule has 190 valence electrons. The van der Waals surface area contributed by atoms with Gasteiger partial charge in [0.05, 0.1) is 25.2 Å². The number of hydrogen-bond acceptors (Lipinski definition) is 6. The first-order chi connectivity index (χ1) is 17.4. The van der Waals surface area contributed by atoms with E-state index in [1.165, 1.54) is 5.56 Å². The molecule has 0 unspecified atom stereocenters. The molecule has 1 heterocycles. The number of morpholine rings is 1. The number of carbonyl (C=O) groups is 1. The molecule has 0 atom stereocenters. The van der Waals surface area contributed by atoms with Crippen molar-refractivity contribution in [3.8, 4) is 11.5 Å². The van der Waals surface area contributed by atoms with Crippen molar-refractivity contribution >= 4 is 21.6 Å². The smallest absolute Gasteiger partial charge is 0.241 e. The zero-order valence-electron chi connectivity index (χ0n) is 20.3. The maximum Gasteiger partial charge on any atom is 0.241 e. The van der Waals surface area contributed by atoms with Crippen LogP contribution in [0.4, 0.5) is 5.69 Å². The lowest BCUT2D eigenvalue weighted by atomic mass is 10.1. The van der Waals surface area contributed by atoms with Gasteiger partial charge < -0.3 is 14.8 Å². The van der Waals surface area contributed by atoms with Gasteiger partial charge in [-0.1, -0.05) is 42.5 Å². The van der Waals surface area contributed by atoms with Gasteiger partial charge >= 0.3 is 0 Å². The summed E-state index contributed by atoms with van der Waals surface area (Å²) in [6.45, 7) is 4.26. The standard InChI is InChI=1S/C27H31N3O5S/c1-36(32,33)30(24-11-13-26(14-12-24)35-25-5-3-2-4-6-25)21-27(31)28-19-22-7-9-23(10-8-22)20-29-15-17-34-18-16-29/h2-14H,15-21H2,1H3,(H,28,31). The Hall–Kier alpha value is -3.40. The average molecular weight is 510 g/mol. The highest BCUT2D eigenvalue weighted by atomic mass is 32.2. The number of nitrogens with zero attached hydrogens (tertiary/aromatic N) is 2. The second-order valence-electron chi connectivity index (χ2n) is 8.66. The van der Waals surface area contributed by atoms with Gasteiger partial charge in [-0.05, 0) is 47.5 Å². The number of hydrogen-bond donors (Lipinski definition) is 1. The van der Waals surface area contributed by atoms with E-state index in [1.807, 2.05) is 42.5 Å². The lowest BCUT2D eigenvalue weighted by molar-refractivity contribution is -0.119. The van der Waals surface area contributed by atoms with E-state index in [4.69, 9.17) is 9.47 Å². The molecule has 3 aromatic carbocycles. The van der Waals surface area contributed by atoms with Crippen LogP contribution in [0, 0.1) is 0 Å². The van der Waals surface area contributed by atoms with Gasteiger partial charge in [-0.2, -0.15) is 0 Å². The van der Waals surface area contributed by atoms with E-state index in [2.05, 4.69) is 22.3 Å². The molecule has 8 nitrogen and oxygen atoms in total. The van der Waals surface area contributed by atoms with Gasteiger partial charge in [-0.3, -0.25) is 14.0 Å². The van der Waals surface area contributed by atoms with E-state index < -0.39 is 10.0 Å². The maximum atomic E-state index is 12.6. The summed E-state index contributed by atoms with van der Waals surface area (Å²) in [6, 6.07) is 24.0. The Balaban J connectivity index is 1.32. The van der Waals surface area contributed by atoms with E-state index in [1.54, 1.807) is 24.3 Å². The van der Waals surface area contributed by atoms with Crippen molar-refractivity contribution in [2.45, 2.75) is 13.1 Å². The van der Waals surface area contributed by atoms with Crippen LogP contribution in [-0.2, 0) is 32.6 Å². The van der Waals surface area contributed by atoms with Crippen LogP contribution in [0.5, 0.6) is 11.5 Å². The normalized spacial score (nSPS) is 14.2. The molecule has 0 bridgehead atoms. The van der Waals surface area contributed by atoms with Gasteiger partial charge in [0, 0.05) is 26.2 Å². The van der Waals surface area contributed by atoms with Crippen molar-refractivity contribution in [3.05, 3.63) is 90.0 Å². The highest BCUT2D eigenvalue weighted by Crippen LogP contribution is 2.25. The molecule has 1 aliphatic rings. The predicted molar refractivity (Wildman–Crippen MR) is 140 cm³/mol. The summed E-state index contributed by atoms with van der Waals surface area (Å²) in [4.78, 5) is 15.0. The summed E-state index contributed by atoms with van der Waals surface area (Å²) < 4.78 is 37.1. The molecule has 0 radical (unpaired) electrons. The lowest BCUT2D eigenvalue weighted by Gasteiger charge is -2.26. The van der Waals surface area contributed by atoms with Crippen LogP contribution >= 0.6 is 0 Å². The molecule has 1 fully saturated rings. The summed E-state index contributed by atoms with van der Waals surface area (Å²) in [5.74, 6) is 0.862. The topological polar surface area (TPSA) is 88.2 Å². The third-order valence-electron chi connectivity index (χ3n) is 5.81. The quantitative estimate of drug-likeness (QED) is 0.451. The molecule has 3 aromatic rings. The van der Waals surface area contributed by atoms with Gasteiger partial charge in [0.1, 0.15) is 18.0 Å². The monoisotopic (exact) mass is 509 g/mol. The van der Waals surface area contributed by atoms with Crippen molar-refractivity contribution in [2.24, 2.45) is 0 Å². The molecule has 1 aliphatic heterocycles. The minimum absolute atomic E-state index is 0.313. The van der Waals surface area contributed by atoms with Gasteiger partial charge in [-0.15, -0.1) is 0 Å². The summed E-state index contributed by atoms with van der Waals surface area (Å²) in [7, 11) is -3.67. The molecule has 36 heavy (non-hydrogen) atoms. The predicted octanol–water partition coefficient (Wildman–Crippen LogP) is 3.39. The number of benzene rings is 3. The van der Waals surface area contributed by atoms with Gasteiger partial charge in [0.15, 0.2) is 0 Å². The van der Waals surface area contributed by atoms with E-state index in [-0.39, 0.29) is 12.5 Å². The number of ether oxygens (including phenoxy) is 2. The van der Waals surface area contributed by atoms with Crippen molar-refractivity contribution in [1.82, 2.24) is 10.2 Å². The highest BCUT2D eigenvalue weighted by molar-refractivity contribution is 7.92. The minimum Gasteiger partial charge on any atom is -0.457 e. The molecular formula is C27H31N3O5S. The van der Waals surface area contributed by atoms with Crippen LogP contribution in [0.25, 0.3) is 0 Å². The Morgan fingerprint density at radius 2 is 1.53 bits per heavy atom. The third kappa shape index (κ3) is 7.55. The second-order valence-corrected chi connectivity index (χ2v) is 10.6. The molecule has 0 spiro atoms. The van der Waals surface area contributed by atoms with Crippen molar-refractivity contribution in [3.63, 3.8) is 0 Å². The van der Waals surface area contributed by atoms with E-state index >= 15 is 0 Å². The lowest BCUT2D eigenvalue weighted by Crippen LogP contribution is -2.40. The largest absolute Gasteiger partial charge is 0.457 e. The van der Waals surface area contributed by atoms with Crippen LogP contribution in [0.1, 0.15) is 11.1 Å². The molecule has 1 N–H and O–H groups in total. The number of rotatable bonds is 10. The Labute approximate surface area is 212 Å². The molecule has 4 rings (SSSR count). The number of sulfonamides is 1. The van der Waals surface area contributed by atoms with Gasteiger partial charge in [-0.25, -0.2) is 8.42 Å². The average Bonchev–Trinajstić information content (AvgIpc) is 2.88. The van der Waals surface area contributed by atoms with E-state index in [0.717, 1.165) is 49.0 Å². The van der Waals surface area contributed by atoms with Crippen LogP contribution in [0.2, 0.25) is 0 Å². The molecule has 0 saturated carbocycles. The van der Waals surface area contributed by atoms with E-state index in [0.29, 0.717) is 23.7 Å².